The van der Waals surface area contributed by atoms with Crippen molar-refractivity contribution >= 4 is 29.1 Å². The SMILES string of the molecule is CCNC(=O)COc1ccc(/C=C/C(=O)c2ccc(-c3ccc(F)cc3)s2)cc1OC. The fourth-order valence-electron chi connectivity index (χ4n) is 2.79. The Morgan fingerprint density at radius 3 is 2.55 bits per heavy atom. The van der Waals surface area contributed by atoms with Crippen molar-refractivity contribution in [2.24, 2.45) is 0 Å². The number of halogens is 1. The average Bonchev–Trinajstić information content (AvgIpc) is 3.27. The molecule has 0 bridgehead atoms. The van der Waals surface area contributed by atoms with Crippen LogP contribution in [0.1, 0.15) is 22.2 Å². The van der Waals surface area contributed by atoms with Crippen molar-refractivity contribution < 1.29 is 23.5 Å². The van der Waals surface area contributed by atoms with Gasteiger partial charge < -0.3 is 14.8 Å². The summed E-state index contributed by atoms with van der Waals surface area (Å²) in [5, 5.41) is 2.66. The van der Waals surface area contributed by atoms with Crippen LogP contribution in [0.15, 0.2) is 60.7 Å². The molecule has 1 amide bonds. The third-order valence-corrected chi connectivity index (χ3v) is 5.47. The van der Waals surface area contributed by atoms with Crippen LogP contribution in [0.2, 0.25) is 0 Å². The fourth-order valence-corrected chi connectivity index (χ4v) is 3.72. The van der Waals surface area contributed by atoms with Crippen LogP contribution in [-0.4, -0.2) is 32.0 Å². The highest BCUT2D eigenvalue weighted by atomic mass is 32.1. The van der Waals surface area contributed by atoms with E-state index < -0.39 is 0 Å². The summed E-state index contributed by atoms with van der Waals surface area (Å²) in [6, 6.07) is 15.0. The summed E-state index contributed by atoms with van der Waals surface area (Å²) in [7, 11) is 1.51. The maximum absolute atomic E-state index is 13.1. The van der Waals surface area contributed by atoms with Crippen LogP contribution in [0.4, 0.5) is 4.39 Å². The smallest absolute Gasteiger partial charge is 0.257 e. The number of ketones is 1. The van der Waals surface area contributed by atoms with Gasteiger partial charge in [-0.15, -0.1) is 11.3 Å². The number of ether oxygens (including phenoxy) is 2. The van der Waals surface area contributed by atoms with Gasteiger partial charge in [-0.05, 0) is 60.5 Å². The molecule has 0 unspecified atom stereocenters. The maximum Gasteiger partial charge on any atom is 0.257 e. The maximum atomic E-state index is 13.1. The van der Waals surface area contributed by atoms with E-state index in [4.69, 9.17) is 9.47 Å². The molecule has 0 fully saturated rings. The molecule has 0 atom stereocenters. The van der Waals surface area contributed by atoms with Gasteiger partial charge >= 0.3 is 0 Å². The predicted molar refractivity (Wildman–Crippen MR) is 120 cm³/mol. The van der Waals surface area contributed by atoms with Gasteiger partial charge in [-0.2, -0.15) is 0 Å². The average molecular weight is 440 g/mol. The van der Waals surface area contributed by atoms with Crippen molar-refractivity contribution in [1.29, 1.82) is 0 Å². The van der Waals surface area contributed by atoms with Gasteiger partial charge in [0, 0.05) is 11.4 Å². The molecule has 0 saturated carbocycles. The van der Waals surface area contributed by atoms with Crippen LogP contribution in [0.25, 0.3) is 16.5 Å². The molecule has 0 aliphatic carbocycles. The molecule has 0 aliphatic rings. The molecule has 2 aromatic carbocycles. The lowest BCUT2D eigenvalue weighted by Crippen LogP contribution is -2.28. The Kier molecular flexibility index (Phi) is 7.56. The summed E-state index contributed by atoms with van der Waals surface area (Å²) in [6.07, 6.45) is 3.18. The molecule has 3 rings (SSSR count). The lowest BCUT2D eigenvalue weighted by Gasteiger charge is -2.11. The second-order valence-electron chi connectivity index (χ2n) is 6.52. The van der Waals surface area contributed by atoms with Crippen LogP contribution in [0.3, 0.4) is 0 Å². The van der Waals surface area contributed by atoms with Crippen molar-refractivity contribution in [3.63, 3.8) is 0 Å². The number of thiophene rings is 1. The largest absolute Gasteiger partial charge is 0.493 e. The van der Waals surface area contributed by atoms with Crippen molar-refractivity contribution in [2.45, 2.75) is 6.92 Å². The zero-order valence-corrected chi connectivity index (χ0v) is 18.0. The Labute approximate surface area is 184 Å². The highest BCUT2D eigenvalue weighted by Gasteiger charge is 2.10. The molecule has 1 N–H and O–H groups in total. The number of allylic oxidation sites excluding steroid dienone is 1. The summed E-state index contributed by atoms with van der Waals surface area (Å²) in [6.45, 7) is 2.26. The number of nitrogens with one attached hydrogen (secondary N) is 1. The van der Waals surface area contributed by atoms with E-state index in [1.54, 1.807) is 42.5 Å². The molecule has 31 heavy (non-hydrogen) atoms. The van der Waals surface area contributed by atoms with Gasteiger partial charge in [0.2, 0.25) is 0 Å². The summed E-state index contributed by atoms with van der Waals surface area (Å²) in [4.78, 5) is 25.6. The molecule has 5 nitrogen and oxygen atoms in total. The predicted octanol–water partition coefficient (Wildman–Crippen LogP) is 4.97. The lowest BCUT2D eigenvalue weighted by molar-refractivity contribution is -0.123. The van der Waals surface area contributed by atoms with E-state index in [9.17, 15) is 14.0 Å². The molecule has 0 radical (unpaired) electrons. The number of likely N-dealkylation sites (N-methyl/N-ethyl adjacent to an activating group) is 1. The number of carbonyl (C=O) groups is 2. The molecule has 0 aliphatic heterocycles. The summed E-state index contributed by atoms with van der Waals surface area (Å²) < 4.78 is 23.9. The van der Waals surface area contributed by atoms with E-state index >= 15 is 0 Å². The van der Waals surface area contributed by atoms with Crippen LogP contribution >= 0.6 is 11.3 Å². The Hall–Kier alpha value is -3.45. The molecule has 1 aromatic heterocycles. The van der Waals surface area contributed by atoms with Gasteiger partial charge in [-0.1, -0.05) is 24.3 Å². The fraction of sp³-hybridized carbons (Fsp3) is 0.167. The van der Waals surface area contributed by atoms with E-state index in [1.807, 2.05) is 13.0 Å². The minimum absolute atomic E-state index is 0.105. The second kappa shape index (κ2) is 10.5. The molecular formula is C24H22FNO4S. The number of rotatable bonds is 9. The Morgan fingerprint density at radius 1 is 1.06 bits per heavy atom. The summed E-state index contributed by atoms with van der Waals surface area (Å²) in [5.74, 6) is 0.271. The quantitative estimate of drug-likeness (QED) is 0.378. The van der Waals surface area contributed by atoms with Gasteiger partial charge in [0.05, 0.1) is 12.0 Å². The monoisotopic (exact) mass is 439 g/mol. The first-order valence-electron chi connectivity index (χ1n) is 9.66. The van der Waals surface area contributed by atoms with Crippen LogP contribution < -0.4 is 14.8 Å². The van der Waals surface area contributed by atoms with E-state index in [2.05, 4.69) is 5.32 Å². The Balaban J connectivity index is 1.67. The third kappa shape index (κ3) is 6.02. The van der Waals surface area contributed by atoms with Crippen LogP contribution in [0, 0.1) is 5.82 Å². The second-order valence-corrected chi connectivity index (χ2v) is 7.60. The number of hydrogen-bond donors (Lipinski definition) is 1. The number of carbonyl (C=O) groups excluding carboxylic acids is 2. The highest BCUT2D eigenvalue weighted by Crippen LogP contribution is 2.30. The standard InChI is InChI=1S/C24H22FNO4S/c1-3-26-24(28)15-30-20-11-5-16(14-21(20)29-2)4-10-19(27)23-13-12-22(31-23)17-6-8-18(25)9-7-17/h4-14H,3,15H2,1-2H3,(H,26,28)/b10-4+. The first kappa shape index (κ1) is 22.2. The van der Waals surface area contributed by atoms with Gasteiger partial charge in [0.1, 0.15) is 5.82 Å². The number of methoxy groups -OCH3 is 1. The number of benzene rings is 2. The van der Waals surface area contributed by atoms with Gasteiger partial charge in [-0.3, -0.25) is 9.59 Å². The number of amides is 1. The van der Waals surface area contributed by atoms with Crippen molar-refractivity contribution in [1.82, 2.24) is 5.32 Å². The normalized spacial score (nSPS) is 10.8. The molecule has 160 valence electrons. The van der Waals surface area contributed by atoms with E-state index in [0.717, 1.165) is 16.0 Å². The minimum Gasteiger partial charge on any atom is -0.493 e. The summed E-state index contributed by atoms with van der Waals surface area (Å²) in [5.41, 5.74) is 1.62. The Morgan fingerprint density at radius 2 is 1.84 bits per heavy atom. The topological polar surface area (TPSA) is 64.6 Å². The molecule has 0 saturated heterocycles. The minimum atomic E-state index is -0.296. The Bertz CT molecular complexity index is 1090. The summed E-state index contributed by atoms with van der Waals surface area (Å²) >= 11 is 1.35. The molecular weight excluding hydrogens is 417 g/mol. The van der Waals surface area contributed by atoms with E-state index in [-0.39, 0.29) is 24.1 Å². The van der Waals surface area contributed by atoms with E-state index in [1.165, 1.54) is 36.7 Å². The van der Waals surface area contributed by atoms with Crippen LogP contribution in [0.5, 0.6) is 11.5 Å². The molecule has 7 heteroatoms. The van der Waals surface area contributed by atoms with Crippen molar-refractivity contribution in [3.05, 3.63) is 76.9 Å². The lowest BCUT2D eigenvalue weighted by atomic mass is 10.1. The zero-order valence-electron chi connectivity index (χ0n) is 17.2. The highest BCUT2D eigenvalue weighted by molar-refractivity contribution is 7.17. The molecule has 3 aromatic rings. The zero-order chi connectivity index (χ0) is 22.2. The van der Waals surface area contributed by atoms with E-state index in [0.29, 0.717) is 22.9 Å². The third-order valence-electron chi connectivity index (χ3n) is 4.33. The van der Waals surface area contributed by atoms with Gasteiger partial charge in [0.25, 0.3) is 5.91 Å². The number of hydrogen-bond acceptors (Lipinski definition) is 5. The van der Waals surface area contributed by atoms with Gasteiger partial charge in [0.15, 0.2) is 23.9 Å². The molecule has 0 spiro atoms. The molecule has 1 heterocycles. The first-order valence-corrected chi connectivity index (χ1v) is 10.5. The van der Waals surface area contributed by atoms with Crippen molar-refractivity contribution in [3.8, 4) is 21.9 Å². The van der Waals surface area contributed by atoms with Crippen LogP contribution in [-0.2, 0) is 4.79 Å². The first-order chi connectivity index (χ1) is 15.0. The van der Waals surface area contributed by atoms with Gasteiger partial charge in [-0.25, -0.2) is 4.39 Å². The van der Waals surface area contributed by atoms with Crippen molar-refractivity contribution in [2.75, 3.05) is 20.3 Å².